The fourth-order valence-corrected chi connectivity index (χ4v) is 1.98. The van der Waals surface area contributed by atoms with Crippen LogP contribution in [0.25, 0.3) is 0 Å². The molecule has 1 rings (SSSR count). The molecule has 0 spiro atoms. The van der Waals surface area contributed by atoms with Gasteiger partial charge in [0.2, 0.25) is 0 Å². The van der Waals surface area contributed by atoms with Gasteiger partial charge in [-0.25, -0.2) is 4.79 Å². The highest BCUT2D eigenvalue weighted by atomic mass is 16.5. The standard InChI is InChI=1S/C16H25NO4/c1-6-17-16(4,15(18)20-7-2)11-21-13-9-8-12(3)10-14(13)19-5/h8-10,17H,6-7,11H2,1-5H3. The molecule has 0 heterocycles. The lowest BCUT2D eigenvalue weighted by Gasteiger charge is -2.28. The van der Waals surface area contributed by atoms with E-state index < -0.39 is 5.54 Å². The van der Waals surface area contributed by atoms with Crippen molar-refractivity contribution in [2.45, 2.75) is 33.2 Å². The quantitative estimate of drug-likeness (QED) is 0.746. The number of carbonyl (C=O) groups excluding carboxylic acids is 1. The molecule has 0 aliphatic heterocycles. The van der Waals surface area contributed by atoms with Crippen LogP contribution in [0, 0.1) is 6.92 Å². The summed E-state index contributed by atoms with van der Waals surface area (Å²) in [6.45, 7) is 8.62. The van der Waals surface area contributed by atoms with Crippen LogP contribution >= 0.6 is 0 Å². The summed E-state index contributed by atoms with van der Waals surface area (Å²) in [6, 6.07) is 5.67. The number of nitrogens with one attached hydrogen (secondary N) is 1. The van der Waals surface area contributed by atoms with Gasteiger partial charge in [0.25, 0.3) is 0 Å². The van der Waals surface area contributed by atoms with Gasteiger partial charge in [0.1, 0.15) is 12.1 Å². The Labute approximate surface area is 126 Å². The summed E-state index contributed by atoms with van der Waals surface area (Å²) < 4.78 is 16.2. The lowest BCUT2D eigenvalue weighted by Crippen LogP contribution is -2.54. The van der Waals surface area contributed by atoms with E-state index in [1.54, 1.807) is 21.0 Å². The molecule has 0 saturated carbocycles. The molecule has 0 saturated heterocycles. The SMILES string of the molecule is CCNC(C)(COc1ccc(C)cc1OC)C(=O)OCC. The topological polar surface area (TPSA) is 56.8 Å². The Balaban J connectivity index is 2.84. The van der Waals surface area contributed by atoms with Crippen LogP contribution in [-0.4, -0.2) is 38.4 Å². The molecule has 1 unspecified atom stereocenters. The number of hydrogen-bond acceptors (Lipinski definition) is 5. The van der Waals surface area contributed by atoms with Gasteiger partial charge in [-0.3, -0.25) is 5.32 Å². The zero-order valence-electron chi connectivity index (χ0n) is 13.5. The lowest BCUT2D eigenvalue weighted by molar-refractivity contribution is -0.151. The fraction of sp³-hybridized carbons (Fsp3) is 0.562. The van der Waals surface area contributed by atoms with Crippen molar-refractivity contribution in [3.8, 4) is 11.5 Å². The van der Waals surface area contributed by atoms with Gasteiger partial charge in [0.15, 0.2) is 11.5 Å². The maximum Gasteiger partial charge on any atom is 0.329 e. The molecular formula is C16H25NO4. The van der Waals surface area contributed by atoms with Gasteiger partial charge in [-0.1, -0.05) is 13.0 Å². The summed E-state index contributed by atoms with van der Waals surface area (Å²) in [5.41, 5.74) is 0.194. The molecule has 0 radical (unpaired) electrons. The summed E-state index contributed by atoms with van der Waals surface area (Å²) in [7, 11) is 1.59. The summed E-state index contributed by atoms with van der Waals surface area (Å²) >= 11 is 0. The van der Waals surface area contributed by atoms with Gasteiger partial charge in [-0.2, -0.15) is 0 Å². The number of carbonyl (C=O) groups is 1. The zero-order chi connectivity index (χ0) is 15.9. The molecule has 5 heteroatoms. The molecule has 0 amide bonds. The van der Waals surface area contributed by atoms with Gasteiger partial charge in [-0.15, -0.1) is 0 Å². The van der Waals surface area contributed by atoms with E-state index >= 15 is 0 Å². The van der Waals surface area contributed by atoms with Crippen molar-refractivity contribution < 1.29 is 19.0 Å². The Hall–Kier alpha value is -1.75. The van der Waals surface area contributed by atoms with Gasteiger partial charge in [0.05, 0.1) is 13.7 Å². The molecule has 21 heavy (non-hydrogen) atoms. The van der Waals surface area contributed by atoms with E-state index in [9.17, 15) is 4.79 Å². The number of hydrogen-bond donors (Lipinski definition) is 1. The van der Waals surface area contributed by atoms with Crippen LogP contribution < -0.4 is 14.8 Å². The van der Waals surface area contributed by atoms with E-state index in [1.165, 1.54) is 0 Å². The molecule has 0 aliphatic carbocycles. The third kappa shape index (κ3) is 4.63. The minimum absolute atomic E-state index is 0.166. The Bertz CT molecular complexity index is 475. The Morgan fingerprint density at radius 2 is 2.00 bits per heavy atom. The van der Waals surface area contributed by atoms with E-state index in [0.717, 1.165) is 5.56 Å². The second-order valence-electron chi connectivity index (χ2n) is 5.03. The highest BCUT2D eigenvalue weighted by Crippen LogP contribution is 2.28. The first-order valence-corrected chi connectivity index (χ1v) is 7.16. The first-order chi connectivity index (χ1) is 9.96. The van der Waals surface area contributed by atoms with Crippen molar-refractivity contribution in [3.63, 3.8) is 0 Å². The van der Waals surface area contributed by atoms with Crippen molar-refractivity contribution in [2.75, 3.05) is 26.9 Å². The van der Waals surface area contributed by atoms with Crippen LogP contribution in [0.3, 0.4) is 0 Å². The van der Waals surface area contributed by atoms with E-state index in [-0.39, 0.29) is 12.6 Å². The fourth-order valence-electron chi connectivity index (χ4n) is 1.98. The molecule has 0 fully saturated rings. The summed E-state index contributed by atoms with van der Waals surface area (Å²) in [6.07, 6.45) is 0. The van der Waals surface area contributed by atoms with Crippen LogP contribution in [0.15, 0.2) is 18.2 Å². The number of rotatable bonds is 8. The molecule has 0 aromatic heterocycles. The normalized spacial score (nSPS) is 13.4. The second-order valence-corrected chi connectivity index (χ2v) is 5.03. The molecular weight excluding hydrogens is 270 g/mol. The van der Waals surface area contributed by atoms with Crippen molar-refractivity contribution in [1.29, 1.82) is 0 Å². The number of ether oxygens (including phenoxy) is 3. The summed E-state index contributed by atoms with van der Waals surface area (Å²) in [5, 5.41) is 3.12. The molecule has 0 aliphatic rings. The van der Waals surface area contributed by atoms with E-state index in [4.69, 9.17) is 14.2 Å². The molecule has 1 atom stereocenters. The van der Waals surface area contributed by atoms with Crippen LogP contribution in [0.4, 0.5) is 0 Å². The van der Waals surface area contributed by atoms with E-state index in [2.05, 4.69) is 5.32 Å². The monoisotopic (exact) mass is 295 g/mol. The number of benzene rings is 1. The molecule has 5 nitrogen and oxygen atoms in total. The van der Waals surface area contributed by atoms with Crippen molar-refractivity contribution in [1.82, 2.24) is 5.32 Å². The van der Waals surface area contributed by atoms with E-state index in [1.807, 2.05) is 32.0 Å². The third-order valence-corrected chi connectivity index (χ3v) is 3.13. The maximum atomic E-state index is 12.1. The second kappa shape index (κ2) is 7.88. The molecule has 1 aromatic carbocycles. The first kappa shape index (κ1) is 17.3. The number of aryl methyl sites for hydroxylation is 1. The Kier molecular flexibility index (Phi) is 6.49. The van der Waals surface area contributed by atoms with E-state index in [0.29, 0.717) is 24.7 Å². The molecule has 0 bridgehead atoms. The van der Waals surface area contributed by atoms with Gasteiger partial charge in [0, 0.05) is 0 Å². The summed E-state index contributed by atoms with van der Waals surface area (Å²) in [4.78, 5) is 12.1. The Morgan fingerprint density at radius 3 is 2.57 bits per heavy atom. The van der Waals surface area contributed by atoms with Gasteiger partial charge < -0.3 is 14.2 Å². The average Bonchev–Trinajstić information content (AvgIpc) is 2.46. The Morgan fingerprint density at radius 1 is 1.29 bits per heavy atom. The largest absolute Gasteiger partial charge is 0.493 e. The predicted molar refractivity (Wildman–Crippen MR) is 81.9 cm³/mol. The average molecular weight is 295 g/mol. The van der Waals surface area contributed by atoms with Crippen LogP contribution in [0.5, 0.6) is 11.5 Å². The van der Waals surface area contributed by atoms with Crippen molar-refractivity contribution >= 4 is 5.97 Å². The van der Waals surface area contributed by atoms with Crippen molar-refractivity contribution in [3.05, 3.63) is 23.8 Å². The van der Waals surface area contributed by atoms with Gasteiger partial charge >= 0.3 is 5.97 Å². The third-order valence-electron chi connectivity index (χ3n) is 3.13. The molecule has 118 valence electrons. The number of esters is 1. The minimum atomic E-state index is -0.888. The first-order valence-electron chi connectivity index (χ1n) is 7.16. The highest BCUT2D eigenvalue weighted by molar-refractivity contribution is 5.80. The minimum Gasteiger partial charge on any atom is -0.493 e. The summed E-state index contributed by atoms with van der Waals surface area (Å²) in [5.74, 6) is 0.937. The van der Waals surface area contributed by atoms with Crippen LogP contribution in [-0.2, 0) is 9.53 Å². The number of methoxy groups -OCH3 is 1. The number of likely N-dealkylation sites (N-methyl/N-ethyl adjacent to an activating group) is 1. The highest BCUT2D eigenvalue weighted by Gasteiger charge is 2.35. The lowest BCUT2D eigenvalue weighted by atomic mass is 10.0. The molecule has 1 aromatic rings. The zero-order valence-corrected chi connectivity index (χ0v) is 13.5. The van der Waals surface area contributed by atoms with Crippen molar-refractivity contribution in [2.24, 2.45) is 0 Å². The van der Waals surface area contributed by atoms with Crippen LogP contribution in [0.1, 0.15) is 26.3 Å². The predicted octanol–water partition coefficient (Wildman–Crippen LogP) is 2.31. The smallest absolute Gasteiger partial charge is 0.329 e. The maximum absolute atomic E-state index is 12.1. The van der Waals surface area contributed by atoms with Gasteiger partial charge in [-0.05, 0) is 45.0 Å². The van der Waals surface area contributed by atoms with Crippen LogP contribution in [0.2, 0.25) is 0 Å². The molecule has 1 N–H and O–H groups in total.